The van der Waals surface area contributed by atoms with Crippen LogP contribution in [0.15, 0.2) is 0 Å². The molecule has 2 aliphatic rings. The van der Waals surface area contributed by atoms with Gasteiger partial charge in [-0.25, -0.2) is 0 Å². The summed E-state index contributed by atoms with van der Waals surface area (Å²) < 4.78 is 0. The van der Waals surface area contributed by atoms with E-state index in [2.05, 4.69) is 5.32 Å². The first-order valence-corrected chi connectivity index (χ1v) is 3.54. The Morgan fingerprint density at radius 2 is 2.33 bits per heavy atom. The molecular weight excluding hydrogens is 114 g/mol. The SMILES string of the molecule is CC(=O)C1CC2CC2N1. The number of piperidine rings is 1. The summed E-state index contributed by atoms with van der Waals surface area (Å²) >= 11 is 0. The maximum absolute atomic E-state index is 10.7. The van der Waals surface area contributed by atoms with Crippen LogP contribution in [0.5, 0.6) is 0 Å². The number of Topliss-reactive ketones (excluding diaryl/α,β-unsaturated/α-hetero) is 1. The molecule has 2 fully saturated rings. The first kappa shape index (κ1) is 5.42. The van der Waals surface area contributed by atoms with Crippen molar-refractivity contribution in [1.82, 2.24) is 5.32 Å². The van der Waals surface area contributed by atoms with Crippen molar-refractivity contribution >= 4 is 5.78 Å². The lowest BCUT2D eigenvalue weighted by Crippen LogP contribution is -2.31. The summed E-state index contributed by atoms with van der Waals surface area (Å²) in [5.74, 6) is 1.15. The molecule has 2 nitrogen and oxygen atoms in total. The quantitative estimate of drug-likeness (QED) is 0.547. The Morgan fingerprint density at radius 3 is 2.67 bits per heavy atom. The average Bonchev–Trinajstić information content (AvgIpc) is 2.40. The first-order valence-electron chi connectivity index (χ1n) is 3.54. The maximum atomic E-state index is 10.7. The molecule has 1 heterocycles. The molecular formula is C7H11NO. The van der Waals surface area contributed by atoms with Crippen molar-refractivity contribution in [1.29, 1.82) is 0 Å². The third-order valence-electron chi connectivity index (χ3n) is 2.37. The number of carbonyl (C=O) groups is 1. The molecule has 1 aliphatic carbocycles. The first-order chi connectivity index (χ1) is 4.27. The van der Waals surface area contributed by atoms with E-state index in [4.69, 9.17) is 0 Å². The molecule has 1 aliphatic heterocycles. The van der Waals surface area contributed by atoms with E-state index in [1.54, 1.807) is 6.92 Å². The molecule has 2 heteroatoms. The molecule has 1 saturated heterocycles. The van der Waals surface area contributed by atoms with Crippen LogP contribution in [0, 0.1) is 5.92 Å². The van der Waals surface area contributed by atoms with Crippen molar-refractivity contribution in [3.05, 3.63) is 0 Å². The lowest BCUT2D eigenvalue weighted by molar-refractivity contribution is -0.118. The van der Waals surface area contributed by atoms with E-state index in [0.29, 0.717) is 11.8 Å². The fourth-order valence-corrected chi connectivity index (χ4v) is 1.62. The van der Waals surface area contributed by atoms with Gasteiger partial charge in [0.15, 0.2) is 0 Å². The Hall–Kier alpha value is -0.370. The average molecular weight is 125 g/mol. The van der Waals surface area contributed by atoms with Crippen molar-refractivity contribution < 1.29 is 4.79 Å². The van der Waals surface area contributed by atoms with Crippen LogP contribution in [-0.4, -0.2) is 17.9 Å². The van der Waals surface area contributed by atoms with Crippen LogP contribution in [0.3, 0.4) is 0 Å². The van der Waals surface area contributed by atoms with Crippen molar-refractivity contribution in [2.24, 2.45) is 5.92 Å². The predicted molar refractivity (Wildman–Crippen MR) is 34.1 cm³/mol. The maximum Gasteiger partial charge on any atom is 0.146 e. The summed E-state index contributed by atoms with van der Waals surface area (Å²) in [6.07, 6.45) is 2.41. The van der Waals surface area contributed by atoms with Crippen LogP contribution < -0.4 is 5.32 Å². The van der Waals surface area contributed by atoms with Gasteiger partial charge in [0.1, 0.15) is 5.78 Å². The molecule has 1 saturated carbocycles. The highest BCUT2D eigenvalue weighted by Gasteiger charge is 2.46. The van der Waals surface area contributed by atoms with Crippen LogP contribution in [-0.2, 0) is 4.79 Å². The zero-order valence-electron chi connectivity index (χ0n) is 5.55. The smallest absolute Gasteiger partial charge is 0.146 e. The second kappa shape index (κ2) is 1.57. The molecule has 0 bridgehead atoms. The summed E-state index contributed by atoms with van der Waals surface area (Å²) in [5.41, 5.74) is 0. The predicted octanol–water partition coefficient (Wildman–Crippen LogP) is 0.326. The molecule has 0 spiro atoms. The highest BCUT2D eigenvalue weighted by atomic mass is 16.1. The van der Waals surface area contributed by atoms with Gasteiger partial charge in [0, 0.05) is 6.04 Å². The zero-order valence-corrected chi connectivity index (χ0v) is 5.55. The second-order valence-corrected chi connectivity index (χ2v) is 3.17. The fraction of sp³-hybridized carbons (Fsp3) is 0.857. The summed E-state index contributed by atoms with van der Waals surface area (Å²) in [6.45, 7) is 1.67. The van der Waals surface area contributed by atoms with E-state index in [1.807, 2.05) is 0 Å². The van der Waals surface area contributed by atoms with Gasteiger partial charge >= 0.3 is 0 Å². The summed E-state index contributed by atoms with van der Waals surface area (Å²) in [5, 5.41) is 3.28. The van der Waals surface area contributed by atoms with Crippen LogP contribution in [0.4, 0.5) is 0 Å². The molecule has 0 radical (unpaired) electrons. The molecule has 3 atom stereocenters. The van der Waals surface area contributed by atoms with Gasteiger partial charge in [-0.3, -0.25) is 4.79 Å². The van der Waals surface area contributed by atoms with Crippen LogP contribution >= 0.6 is 0 Å². The number of ketones is 1. The van der Waals surface area contributed by atoms with Gasteiger partial charge in [-0.05, 0) is 25.7 Å². The van der Waals surface area contributed by atoms with Crippen molar-refractivity contribution in [2.75, 3.05) is 0 Å². The van der Waals surface area contributed by atoms with E-state index in [1.165, 1.54) is 6.42 Å². The van der Waals surface area contributed by atoms with Gasteiger partial charge in [-0.1, -0.05) is 0 Å². The lowest BCUT2D eigenvalue weighted by Gasteiger charge is -2.06. The number of nitrogens with one attached hydrogen (secondary N) is 1. The van der Waals surface area contributed by atoms with Crippen molar-refractivity contribution in [3.8, 4) is 0 Å². The number of rotatable bonds is 1. The van der Waals surface area contributed by atoms with E-state index in [0.717, 1.165) is 12.3 Å². The number of hydrogen-bond acceptors (Lipinski definition) is 2. The molecule has 0 amide bonds. The van der Waals surface area contributed by atoms with Gasteiger partial charge in [0.05, 0.1) is 6.04 Å². The topological polar surface area (TPSA) is 29.1 Å². The molecule has 2 rings (SSSR count). The normalized spacial score (nSPS) is 46.6. The highest BCUT2D eigenvalue weighted by Crippen LogP contribution is 2.40. The summed E-state index contributed by atoms with van der Waals surface area (Å²) in [7, 11) is 0. The molecule has 1 N–H and O–H groups in total. The standard InChI is InChI=1S/C7H11NO/c1-4(9)6-2-5-3-7(5)8-6/h5-8H,2-3H2,1H3. The minimum absolute atomic E-state index is 0.203. The highest BCUT2D eigenvalue weighted by molar-refractivity contribution is 5.82. The molecule has 0 aromatic heterocycles. The third kappa shape index (κ3) is 0.778. The third-order valence-corrected chi connectivity index (χ3v) is 2.37. The van der Waals surface area contributed by atoms with Gasteiger partial charge in [0.2, 0.25) is 0 Å². The van der Waals surface area contributed by atoms with Crippen molar-refractivity contribution in [3.63, 3.8) is 0 Å². The Kier molecular flexibility index (Phi) is 0.943. The molecule has 9 heavy (non-hydrogen) atoms. The zero-order chi connectivity index (χ0) is 6.43. The Morgan fingerprint density at radius 1 is 1.56 bits per heavy atom. The molecule has 50 valence electrons. The Labute approximate surface area is 54.6 Å². The monoisotopic (exact) mass is 125 g/mol. The summed E-state index contributed by atoms with van der Waals surface area (Å²) in [4.78, 5) is 10.7. The lowest BCUT2D eigenvalue weighted by atomic mass is 10.1. The minimum atomic E-state index is 0.203. The fourth-order valence-electron chi connectivity index (χ4n) is 1.62. The van der Waals surface area contributed by atoms with Gasteiger partial charge < -0.3 is 5.32 Å². The summed E-state index contributed by atoms with van der Waals surface area (Å²) in [6, 6.07) is 0.910. The van der Waals surface area contributed by atoms with Gasteiger partial charge in [-0.15, -0.1) is 0 Å². The largest absolute Gasteiger partial charge is 0.304 e. The van der Waals surface area contributed by atoms with Crippen molar-refractivity contribution in [2.45, 2.75) is 31.8 Å². The van der Waals surface area contributed by atoms with E-state index in [9.17, 15) is 4.79 Å². The molecule has 0 aromatic carbocycles. The number of fused-ring (bicyclic) bond motifs is 1. The van der Waals surface area contributed by atoms with Crippen LogP contribution in [0.1, 0.15) is 19.8 Å². The van der Waals surface area contributed by atoms with E-state index >= 15 is 0 Å². The van der Waals surface area contributed by atoms with E-state index < -0.39 is 0 Å². The van der Waals surface area contributed by atoms with E-state index in [-0.39, 0.29) is 6.04 Å². The Balaban J connectivity index is 1.97. The second-order valence-electron chi connectivity index (χ2n) is 3.17. The van der Waals surface area contributed by atoms with Gasteiger partial charge in [0.25, 0.3) is 0 Å². The van der Waals surface area contributed by atoms with Crippen LogP contribution in [0.2, 0.25) is 0 Å². The minimum Gasteiger partial charge on any atom is -0.304 e. The Bertz CT molecular complexity index is 145. The number of carbonyl (C=O) groups excluding carboxylic acids is 1. The molecule has 0 aromatic rings. The number of hydrogen-bond donors (Lipinski definition) is 1. The van der Waals surface area contributed by atoms with Gasteiger partial charge in [-0.2, -0.15) is 0 Å². The van der Waals surface area contributed by atoms with Crippen LogP contribution in [0.25, 0.3) is 0 Å². The molecule has 3 unspecified atom stereocenters.